The monoisotopic (exact) mass is 260 g/mol. The number of halogens is 1. The molecule has 1 heterocycles. The Balaban J connectivity index is 1.65. The van der Waals surface area contributed by atoms with Crippen molar-refractivity contribution in [1.82, 2.24) is 10.3 Å². The molecule has 0 amide bonds. The van der Waals surface area contributed by atoms with Crippen LogP contribution in [0.15, 0.2) is 48.7 Å². The molecule has 0 unspecified atom stereocenters. The largest absolute Gasteiger partial charge is 0.311 e. The Bertz CT molecular complexity index is 471. The molecule has 0 atom stereocenters. The van der Waals surface area contributed by atoms with E-state index in [9.17, 15) is 0 Å². The fourth-order valence-electron chi connectivity index (χ4n) is 1.82. The molecule has 0 aliphatic heterocycles. The first-order chi connectivity index (χ1) is 8.84. The molecule has 0 aliphatic rings. The molecule has 0 saturated heterocycles. The number of rotatable bonds is 6. The van der Waals surface area contributed by atoms with Crippen molar-refractivity contribution in [1.29, 1.82) is 0 Å². The third kappa shape index (κ3) is 4.47. The maximum Gasteiger partial charge on any atom is 0.0556 e. The topological polar surface area (TPSA) is 24.9 Å². The zero-order chi connectivity index (χ0) is 12.6. The summed E-state index contributed by atoms with van der Waals surface area (Å²) in [7, 11) is 0. The summed E-state index contributed by atoms with van der Waals surface area (Å²) in [5.41, 5.74) is 2.38. The molecule has 2 aromatic rings. The van der Waals surface area contributed by atoms with Crippen LogP contribution in [0.25, 0.3) is 0 Å². The van der Waals surface area contributed by atoms with E-state index >= 15 is 0 Å². The van der Waals surface area contributed by atoms with Crippen LogP contribution in [0.2, 0.25) is 5.02 Å². The number of hydrogen-bond acceptors (Lipinski definition) is 2. The van der Waals surface area contributed by atoms with Crippen molar-refractivity contribution in [3.05, 3.63) is 64.9 Å². The van der Waals surface area contributed by atoms with E-state index in [0.717, 1.165) is 36.6 Å². The summed E-state index contributed by atoms with van der Waals surface area (Å²) in [5, 5.41) is 4.12. The van der Waals surface area contributed by atoms with Gasteiger partial charge in [0, 0.05) is 17.8 Å². The van der Waals surface area contributed by atoms with Gasteiger partial charge in [0.25, 0.3) is 0 Å². The van der Waals surface area contributed by atoms with E-state index in [1.807, 2.05) is 12.1 Å². The van der Waals surface area contributed by atoms with E-state index in [1.165, 1.54) is 5.56 Å². The highest BCUT2D eigenvalue weighted by atomic mass is 35.5. The Labute approximate surface area is 113 Å². The summed E-state index contributed by atoms with van der Waals surface area (Å²) >= 11 is 5.90. The molecule has 1 aromatic heterocycles. The number of nitrogens with zero attached hydrogens (tertiary/aromatic N) is 1. The third-order valence-electron chi connectivity index (χ3n) is 2.75. The van der Waals surface area contributed by atoms with Gasteiger partial charge in [-0.15, -0.1) is 0 Å². The normalized spacial score (nSPS) is 10.5. The average Bonchev–Trinajstić information content (AvgIpc) is 2.40. The molecular formula is C15H17ClN2. The predicted molar refractivity (Wildman–Crippen MR) is 75.7 cm³/mol. The van der Waals surface area contributed by atoms with Crippen molar-refractivity contribution in [2.45, 2.75) is 19.4 Å². The van der Waals surface area contributed by atoms with E-state index in [4.69, 9.17) is 11.6 Å². The Hall–Kier alpha value is -1.38. The molecular weight excluding hydrogens is 244 g/mol. The minimum absolute atomic E-state index is 0.742. The third-order valence-corrected chi connectivity index (χ3v) is 2.98. The van der Waals surface area contributed by atoms with Crippen molar-refractivity contribution in [3.63, 3.8) is 0 Å². The Morgan fingerprint density at radius 1 is 1.11 bits per heavy atom. The molecule has 2 nitrogen and oxygen atoms in total. The van der Waals surface area contributed by atoms with Crippen molar-refractivity contribution >= 4 is 11.6 Å². The van der Waals surface area contributed by atoms with E-state index in [1.54, 1.807) is 12.3 Å². The summed E-state index contributed by atoms with van der Waals surface area (Å²) in [5.74, 6) is 0. The zero-order valence-electron chi connectivity index (χ0n) is 10.3. The zero-order valence-corrected chi connectivity index (χ0v) is 11.0. The van der Waals surface area contributed by atoms with E-state index < -0.39 is 0 Å². The van der Waals surface area contributed by atoms with Crippen LogP contribution >= 0.6 is 11.6 Å². The van der Waals surface area contributed by atoms with Crippen LogP contribution < -0.4 is 5.32 Å². The fourth-order valence-corrected chi connectivity index (χ4v) is 2.01. The molecule has 1 N–H and O–H groups in total. The number of pyridine rings is 1. The van der Waals surface area contributed by atoms with E-state index in [2.05, 4.69) is 34.6 Å². The van der Waals surface area contributed by atoms with Gasteiger partial charge >= 0.3 is 0 Å². The van der Waals surface area contributed by atoms with E-state index in [0.29, 0.717) is 0 Å². The lowest BCUT2D eigenvalue weighted by Gasteiger charge is -2.05. The summed E-state index contributed by atoms with van der Waals surface area (Å²) < 4.78 is 0. The molecule has 0 radical (unpaired) electrons. The summed E-state index contributed by atoms with van der Waals surface area (Å²) in [4.78, 5) is 4.25. The number of nitrogens with one attached hydrogen (secondary N) is 1. The van der Waals surface area contributed by atoms with Gasteiger partial charge in [-0.05, 0) is 37.1 Å². The first kappa shape index (κ1) is 13.1. The van der Waals surface area contributed by atoms with Crippen LogP contribution in [-0.2, 0) is 13.0 Å². The lowest BCUT2D eigenvalue weighted by molar-refractivity contribution is 0.641. The van der Waals surface area contributed by atoms with Crippen molar-refractivity contribution < 1.29 is 0 Å². The van der Waals surface area contributed by atoms with Gasteiger partial charge in [0.1, 0.15) is 0 Å². The molecule has 0 aliphatic carbocycles. The average molecular weight is 261 g/mol. The van der Waals surface area contributed by atoms with Crippen LogP contribution in [0.1, 0.15) is 17.7 Å². The first-order valence-electron chi connectivity index (χ1n) is 6.20. The van der Waals surface area contributed by atoms with Crippen molar-refractivity contribution in [3.8, 4) is 0 Å². The second kappa shape index (κ2) is 7.14. The van der Waals surface area contributed by atoms with Crippen molar-refractivity contribution in [2.24, 2.45) is 0 Å². The van der Waals surface area contributed by atoms with Crippen LogP contribution in [-0.4, -0.2) is 11.5 Å². The van der Waals surface area contributed by atoms with Gasteiger partial charge in [-0.2, -0.15) is 0 Å². The molecule has 0 bridgehead atoms. The maximum atomic E-state index is 5.90. The van der Waals surface area contributed by atoms with Gasteiger partial charge in [0.05, 0.1) is 5.69 Å². The van der Waals surface area contributed by atoms with Crippen LogP contribution in [0, 0.1) is 0 Å². The van der Waals surface area contributed by atoms with Gasteiger partial charge in [-0.1, -0.05) is 41.9 Å². The quantitative estimate of drug-likeness (QED) is 0.805. The molecule has 1 aromatic carbocycles. The van der Waals surface area contributed by atoms with Gasteiger partial charge < -0.3 is 5.32 Å². The van der Waals surface area contributed by atoms with Gasteiger partial charge in [-0.3, -0.25) is 4.98 Å². The smallest absolute Gasteiger partial charge is 0.0556 e. The maximum absolute atomic E-state index is 5.90. The molecule has 0 spiro atoms. The SMILES string of the molecule is Clc1ccnc(CNCCCc2ccccc2)c1. The molecule has 0 saturated carbocycles. The summed E-state index contributed by atoms with van der Waals surface area (Å²) in [6, 6.07) is 14.2. The second-order valence-electron chi connectivity index (χ2n) is 4.23. The van der Waals surface area contributed by atoms with Crippen molar-refractivity contribution in [2.75, 3.05) is 6.54 Å². The summed E-state index contributed by atoms with van der Waals surface area (Å²) in [6.45, 7) is 1.76. The predicted octanol–water partition coefficient (Wildman–Crippen LogP) is 3.46. The highest BCUT2D eigenvalue weighted by molar-refractivity contribution is 6.30. The van der Waals surface area contributed by atoms with Gasteiger partial charge in [0.15, 0.2) is 0 Å². The molecule has 94 valence electrons. The number of aryl methyl sites for hydroxylation is 1. The Morgan fingerprint density at radius 3 is 2.72 bits per heavy atom. The first-order valence-corrected chi connectivity index (χ1v) is 6.57. The fraction of sp³-hybridized carbons (Fsp3) is 0.267. The van der Waals surface area contributed by atoms with Crippen LogP contribution in [0.4, 0.5) is 0 Å². The minimum atomic E-state index is 0.742. The lowest BCUT2D eigenvalue weighted by atomic mass is 10.1. The molecule has 2 rings (SSSR count). The van der Waals surface area contributed by atoms with Crippen LogP contribution in [0.3, 0.4) is 0 Å². The number of hydrogen-bond donors (Lipinski definition) is 1. The van der Waals surface area contributed by atoms with E-state index in [-0.39, 0.29) is 0 Å². The second-order valence-corrected chi connectivity index (χ2v) is 4.67. The minimum Gasteiger partial charge on any atom is -0.311 e. The molecule has 3 heteroatoms. The van der Waals surface area contributed by atoms with Gasteiger partial charge in [-0.25, -0.2) is 0 Å². The molecule has 18 heavy (non-hydrogen) atoms. The number of aromatic nitrogens is 1. The highest BCUT2D eigenvalue weighted by Gasteiger charge is 1.96. The van der Waals surface area contributed by atoms with Crippen LogP contribution in [0.5, 0.6) is 0 Å². The highest BCUT2D eigenvalue weighted by Crippen LogP contribution is 2.07. The Morgan fingerprint density at radius 2 is 1.94 bits per heavy atom. The Kier molecular flexibility index (Phi) is 5.18. The summed E-state index contributed by atoms with van der Waals surface area (Å²) in [6.07, 6.45) is 3.98. The number of benzene rings is 1. The molecule has 0 fully saturated rings. The standard InChI is InChI=1S/C15H17ClN2/c16-14-8-10-18-15(11-14)12-17-9-4-7-13-5-2-1-3-6-13/h1-3,5-6,8,10-11,17H,4,7,9,12H2. The lowest BCUT2D eigenvalue weighted by Crippen LogP contribution is -2.16. The van der Waals surface area contributed by atoms with Gasteiger partial charge in [0.2, 0.25) is 0 Å².